The molecule has 33 heavy (non-hydrogen) atoms. The van der Waals surface area contributed by atoms with Gasteiger partial charge in [-0.1, -0.05) is 43.1 Å². The fourth-order valence-electron chi connectivity index (χ4n) is 2.99. The zero-order chi connectivity index (χ0) is 23.6. The van der Waals surface area contributed by atoms with E-state index in [1.54, 1.807) is 48.5 Å². The summed E-state index contributed by atoms with van der Waals surface area (Å²) in [5, 5.41) is 12.5. The number of halogens is 1. The molecular weight excluding hydrogens is 460 g/mol. The van der Waals surface area contributed by atoms with Crippen LogP contribution in [0.4, 0.5) is 5.69 Å². The number of nitrogens with one attached hydrogen (secondary N) is 1. The highest BCUT2D eigenvalue weighted by molar-refractivity contribution is 7.99. The van der Waals surface area contributed by atoms with Crippen molar-refractivity contribution in [3.63, 3.8) is 0 Å². The van der Waals surface area contributed by atoms with Gasteiger partial charge in [0.1, 0.15) is 12.4 Å². The van der Waals surface area contributed by atoms with E-state index < -0.39 is 0 Å². The van der Waals surface area contributed by atoms with Gasteiger partial charge in [0, 0.05) is 29.7 Å². The maximum atomic E-state index is 12.6. The molecule has 174 valence electrons. The summed E-state index contributed by atoms with van der Waals surface area (Å²) in [6, 6.07) is 14.1. The molecule has 9 heteroatoms. The summed E-state index contributed by atoms with van der Waals surface area (Å²) in [7, 11) is 1.84. The fourth-order valence-corrected chi connectivity index (χ4v) is 3.94. The number of carbonyl (C=O) groups is 2. The number of rotatable bonds is 12. The highest BCUT2D eigenvalue weighted by Crippen LogP contribution is 2.20. The number of anilines is 1. The molecule has 1 aromatic heterocycles. The summed E-state index contributed by atoms with van der Waals surface area (Å²) in [4.78, 5) is 24.5. The minimum atomic E-state index is -0.0252. The van der Waals surface area contributed by atoms with E-state index >= 15 is 0 Å². The quantitative estimate of drug-likeness (QED) is 0.205. The third-order valence-corrected chi connectivity index (χ3v) is 6.21. The van der Waals surface area contributed by atoms with Crippen LogP contribution in [-0.2, 0) is 18.4 Å². The second kappa shape index (κ2) is 12.4. The number of thioether (sulfide) groups is 1. The molecule has 2 aromatic carbocycles. The van der Waals surface area contributed by atoms with Crippen molar-refractivity contribution in [2.75, 3.05) is 11.1 Å². The molecule has 0 bridgehead atoms. The first-order chi connectivity index (χ1) is 16.0. The van der Waals surface area contributed by atoms with E-state index in [2.05, 4.69) is 22.4 Å². The molecule has 1 amide bonds. The lowest BCUT2D eigenvalue weighted by Crippen LogP contribution is -2.11. The lowest BCUT2D eigenvalue weighted by molar-refractivity contribution is -0.116. The molecular formula is C24H27ClN4O3S. The van der Waals surface area contributed by atoms with Crippen LogP contribution >= 0.6 is 23.4 Å². The van der Waals surface area contributed by atoms with Crippen LogP contribution in [-0.4, -0.2) is 32.2 Å². The number of hydrogen-bond donors (Lipinski definition) is 1. The molecule has 0 aliphatic rings. The molecule has 0 aliphatic heterocycles. The molecule has 0 atom stereocenters. The fraction of sp³-hybridized carbons (Fsp3) is 0.333. The molecule has 0 unspecified atom stereocenters. The largest absolute Gasteiger partial charge is 0.486 e. The first-order valence-corrected chi connectivity index (χ1v) is 12.1. The second-order valence-electron chi connectivity index (χ2n) is 7.49. The summed E-state index contributed by atoms with van der Waals surface area (Å²) in [5.74, 6) is 1.54. The number of ketones is 1. The first-order valence-electron chi connectivity index (χ1n) is 10.8. The Labute approximate surface area is 202 Å². The van der Waals surface area contributed by atoms with Crippen molar-refractivity contribution in [2.45, 2.75) is 44.4 Å². The van der Waals surface area contributed by atoms with Crippen LogP contribution in [0.15, 0.2) is 53.7 Å². The Kier molecular flexibility index (Phi) is 9.33. The van der Waals surface area contributed by atoms with Gasteiger partial charge in [-0.15, -0.1) is 10.2 Å². The number of amides is 1. The molecule has 1 heterocycles. The standard InChI is InChI=1S/C24H27ClN4O3S/c1-3-4-5-6-23(31)26-19-11-7-17(8-12-19)21(30)16-33-24-28-27-22(29(24)2)15-32-20-13-9-18(25)10-14-20/h7-14H,3-6,15-16H2,1-2H3,(H,26,31). The number of nitrogens with zero attached hydrogens (tertiary/aromatic N) is 3. The predicted molar refractivity (Wildman–Crippen MR) is 131 cm³/mol. The summed E-state index contributed by atoms with van der Waals surface area (Å²) in [5.41, 5.74) is 1.28. The molecule has 0 radical (unpaired) electrons. The van der Waals surface area contributed by atoms with Crippen LogP contribution in [0.1, 0.15) is 48.8 Å². The van der Waals surface area contributed by atoms with Crippen molar-refractivity contribution in [3.8, 4) is 5.75 Å². The van der Waals surface area contributed by atoms with Gasteiger partial charge in [-0.05, 0) is 55.0 Å². The number of hydrogen-bond acceptors (Lipinski definition) is 6. The van der Waals surface area contributed by atoms with E-state index in [9.17, 15) is 9.59 Å². The second-order valence-corrected chi connectivity index (χ2v) is 8.87. The topological polar surface area (TPSA) is 86.1 Å². The van der Waals surface area contributed by atoms with Crippen molar-refractivity contribution >= 4 is 40.7 Å². The van der Waals surface area contributed by atoms with Crippen molar-refractivity contribution < 1.29 is 14.3 Å². The number of benzene rings is 2. The van der Waals surface area contributed by atoms with Crippen molar-refractivity contribution in [1.29, 1.82) is 0 Å². The maximum Gasteiger partial charge on any atom is 0.224 e. The lowest BCUT2D eigenvalue weighted by atomic mass is 10.1. The van der Waals surface area contributed by atoms with Crippen molar-refractivity contribution in [2.24, 2.45) is 7.05 Å². The van der Waals surface area contributed by atoms with E-state index in [1.165, 1.54) is 11.8 Å². The van der Waals surface area contributed by atoms with Gasteiger partial charge in [0.25, 0.3) is 0 Å². The SMILES string of the molecule is CCCCCC(=O)Nc1ccc(C(=O)CSc2nnc(COc3ccc(Cl)cc3)n2C)cc1. The van der Waals surface area contributed by atoms with Gasteiger partial charge < -0.3 is 14.6 Å². The molecule has 3 aromatic rings. The smallest absolute Gasteiger partial charge is 0.224 e. The summed E-state index contributed by atoms with van der Waals surface area (Å²) in [6.07, 6.45) is 3.51. The molecule has 3 rings (SSSR count). The van der Waals surface area contributed by atoms with Gasteiger partial charge in [0.05, 0.1) is 5.75 Å². The Morgan fingerprint density at radius 3 is 2.48 bits per heavy atom. The van der Waals surface area contributed by atoms with Crippen LogP contribution < -0.4 is 10.1 Å². The monoisotopic (exact) mass is 486 g/mol. The molecule has 0 saturated carbocycles. The van der Waals surface area contributed by atoms with Gasteiger partial charge in [-0.2, -0.15) is 0 Å². The highest BCUT2D eigenvalue weighted by Gasteiger charge is 2.13. The van der Waals surface area contributed by atoms with E-state index in [0.717, 1.165) is 19.3 Å². The van der Waals surface area contributed by atoms with Crippen LogP contribution in [0.2, 0.25) is 5.02 Å². The highest BCUT2D eigenvalue weighted by atomic mass is 35.5. The van der Waals surface area contributed by atoms with E-state index in [1.807, 2.05) is 11.6 Å². The van der Waals surface area contributed by atoms with E-state index in [4.69, 9.17) is 16.3 Å². The third kappa shape index (κ3) is 7.61. The minimum absolute atomic E-state index is 0.00351. The number of Topliss-reactive ketones (excluding diaryl/α,β-unsaturated/α-hetero) is 1. The predicted octanol–water partition coefficient (Wildman–Crippen LogP) is 5.54. The molecule has 0 spiro atoms. The molecule has 0 aliphatic carbocycles. The van der Waals surface area contributed by atoms with Crippen LogP contribution in [0, 0.1) is 0 Å². The van der Waals surface area contributed by atoms with Crippen LogP contribution in [0.25, 0.3) is 0 Å². The Morgan fingerprint density at radius 2 is 1.79 bits per heavy atom. The molecule has 0 fully saturated rings. The average Bonchev–Trinajstić information content (AvgIpc) is 3.17. The number of carbonyl (C=O) groups excluding carboxylic acids is 2. The zero-order valence-electron chi connectivity index (χ0n) is 18.7. The summed E-state index contributed by atoms with van der Waals surface area (Å²) in [6.45, 7) is 2.36. The minimum Gasteiger partial charge on any atom is -0.486 e. The van der Waals surface area contributed by atoms with E-state index in [0.29, 0.717) is 39.4 Å². The first kappa shape index (κ1) is 24.8. The average molecular weight is 487 g/mol. The zero-order valence-corrected chi connectivity index (χ0v) is 20.3. The van der Waals surface area contributed by atoms with Gasteiger partial charge >= 0.3 is 0 Å². The van der Waals surface area contributed by atoms with Gasteiger partial charge in [-0.3, -0.25) is 9.59 Å². The van der Waals surface area contributed by atoms with Crippen molar-refractivity contribution in [1.82, 2.24) is 14.8 Å². The maximum absolute atomic E-state index is 12.6. The van der Waals surface area contributed by atoms with E-state index in [-0.39, 0.29) is 24.1 Å². The number of unbranched alkanes of at least 4 members (excludes halogenated alkanes) is 2. The van der Waals surface area contributed by atoms with Gasteiger partial charge in [0.2, 0.25) is 5.91 Å². The lowest BCUT2D eigenvalue weighted by Gasteiger charge is -2.07. The Hall–Kier alpha value is -2.84. The Morgan fingerprint density at radius 1 is 1.06 bits per heavy atom. The Bertz CT molecular complexity index is 1070. The number of ether oxygens (including phenoxy) is 1. The van der Waals surface area contributed by atoms with Crippen LogP contribution in [0.5, 0.6) is 5.75 Å². The third-order valence-electron chi connectivity index (χ3n) is 4.94. The van der Waals surface area contributed by atoms with Gasteiger partial charge in [-0.25, -0.2) is 0 Å². The number of aromatic nitrogens is 3. The van der Waals surface area contributed by atoms with Crippen LogP contribution in [0.3, 0.4) is 0 Å². The normalized spacial score (nSPS) is 10.8. The molecule has 1 N–H and O–H groups in total. The Balaban J connectivity index is 1.48. The summed E-state index contributed by atoms with van der Waals surface area (Å²) < 4.78 is 7.52. The summed E-state index contributed by atoms with van der Waals surface area (Å²) >= 11 is 7.20. The molecule has 0 saturated heterocycles. The van der Waals surface area contributed by atoms with Gasteiger partial charge in [0.15, 0.2) is 16.8 Å². The van der Waals surface area contributed by atoms with Crippen molar-refractivity contribution in [3.05, 3.63) is 64.9 Å². The molecule has 7 nitrogen and oxygen atoms in total.